The Morgan fingerprint density at radius 3 is 2.39 bits per heavy atom. The van der Waals surface area contributed by atoms with E-state index in [2.05, 4.69) is 0 Å². The molecule has 0 radical (unpaired) electrons. The minimum absolute atomic E-state index is 0.0675. The number of ketones is 1. The maximum Gasteiger partial charge on any atom is 0.265 e. The van der Waals surface area contributed by atoms with Crippen LogP contribution in [0, 0.1) is 10.1 Å². The Balaban J connectivity index is 2.56. The number of hydrogen-bond acceptors (Lipinski definition) is 5. The molecule has 2 rings (SSSR count). The van der Waals surface area contributed by atoms with Crippen molar-refractivity contribution in [2.24, 2.45) is 5.14 Å². The lowest BCUT2D eigenvalue weighted by Gasteiger charge is -2.10. The summed E-state index contributed by atoms with van der Waals surface area (Å²) >= 11 is 6.09. The Labute approximate surface area is 136 Å². The van der Waals surface area contributed by atoms with Crippen molar-refractivity contribution in [1.29, 1.82) is 0 Å². The average molecular weight is 355 g/mol. The monoisotopic (exact) mass is 354 g/mol. The van der Waals surface area contributed by atoms with Crippen LogP contribution in [-0.2, 0) is 10.0 Å². The first-order valence-electron chi connectivity index (χ1n) is 6.27. The van der Waals surface area contributed by atoms with Crippen LogP contribution in [0.3, 0.4) is 0 Å². The Morgan fingerprint density at radius 1 is 1.17 bits per heavy atom. The molecule has 120 valence electrons. The predicted molar refractivity (Wildman–Crippen MR) is 84.5 cm³/mol. The van der Waals surface area contributed by atoms with Gasteiger partial charge in [0, 0.05) is 21.1 Å². The number of nitrogens with zero attached hydrogens (tertiary/aromatic N) is 1. The summed E-state index contributed by atoms with van der Waals surface area (Å²) in [5.74, 6) is -0.669. The molecule has 0 aromatic heterocycles. The fourth-order valence-electron chi connectivity index (χ4n) is 2.05. The van der Waals surface area contributed by atoms with Gasteiger partial charge >= 0.3 is 0 Å². The first-order chi connectivity index (χ1) is 10.7. The Bertz CT molecular complexity index is 896. The van der Waals surface area contributed by atoms with Crippen LogP contribution in [0.5, 0.6) is 0 Å². The average Bonchev–Trinajstić information content (AvgIpc) is 2.45. The summed E-state index contributed by atoms with van der Waals surface area (Å²) in [6.45, 7) is -0.843. The highest BCUT2D eigenvalue weighted by molar-refractivity contribution is 7.89. The molecule has 0 aliphatic rings. The molecule has 9 heteroatoms. The topological polar surface area (TPSA) is 120 Å². The lowest BCUT2D eigenvalue weighted by molar-refractivity contribution is -0.465. The van der Waals surface area contributed by atoms with Crippen LogP contribution in [0.4, 0.5) is 0 Å². The van der Waals surface area contributed by atoms with Crippen LogP contribution in [0.1, 0.15) is 10.4 Å². The highest BCUT2D eigenvalue weighted by Gasteiger charge is 2.19. The molecule has 0 aliphatic heterocycles. The molecule has 7 nitrogen and oxygen atoms in total. The molecule has 0 heterocycles. The second-order valence-corrected chi connectivity index (χ2v) is 6.61. The van der Waals surface area contributed by atoms with E-state index >= 15 is 0 Å². The number of Topliss-reactive ketones (excluding diaryl/α,β-unsaturated/α-hetero) is 1. The standard InChI is InChI=1S/C14H11ClN2O5S/c15-13-7-9(23(16,21)22)5-6-11(13)10-3-1-2-4-12(10)14(18)8-17(19)20/h1-7H,8H2,(H2,16,21,22). The Morgan fingerprint density at radius 2 is 1.83 bits per heavy atom. The van der Waals surface area contributed by atoms with Gasteiger partial charge in [-0.25, -0.2) is 13.6 Å². The third-order valence-corrected chi connectivity index (χ3v) is 4.28. The van der Waals surface area contributed by atoms with Crippen LogP contribution < -0.4 is 5.14 Å². The van der Waals surface area contributed by atoms with Crippen molar-refractivity contribution in [1.82, 2.24) is 0 Å². The van der Waals surface area contributed by atoms with Gasteiger partial charge in [-0.2, -0.15) is 0 Å². The summed E-state index contributed by atoms with van der Waals surface area (Å²) in [7, 11) is -3.91. The van der Waals surface area contributed by atoms with Gasteiger partial charge in [0.05, 0.1) is 4.90 Å². The highest BCUT2D eigenvalue weighted by Crippen LogP contribution is 2.32. The van der Waals surface area contributed by atoms with Crippen molar-refractivity contribution in [2.45, 2.75) is 4.90 Å². The summed E-state index contributed by atoms with van der Waals surface area (Å²) in [4.78, 5) is 21.6. The van der Waals surface area contributed by atoms with Gasteiger partial charge in [-0.05, 0) is 17.7 Å². The molecule has 0 fully saturated rings. The van der Waals surface area contributed by atoms with Gasteiger partial charge in [-0.3, -0.25) is 14.9 Å². The van der Waals surface area contributed by atoms with Crippen LogP contribution in [0.25, 0.3) is 11.1 Å². The molecular formula is C14H11ClN2O5S. The third kappa shape index (κ3) is 3.92. The molecule has 2 aromatic carbocycles. The van der Waals surface area contributed by atoms with Crippen molar-refractivity contribution >= 4 is 27.4 Å². The smallest absolute Gasteiger partial charge is 0.265 e. The third-order valence-electron chi connectivity index (χ3n) is 3.06. The van der Waals surface area contributed by atoms with Crippen molar-refractivity contribution in [3.63, 3.8) is 0 Å². The zero-order valence-corrected chi connectivity index (χ0v) is 13.2. The summed E-state index contributed by atoms with van der Waals surface area (Å²) in [5, 5.41) is 15.6. The number of sulfonamides is 1. The zero-order chi connectivity index (χ0) is 17.2. The van der Waals surface area contributed by atoms with Gasteiger partial charge in [0.1, 0.15) is 0 Å². The van der Waals surface area contributed by atoms with Gasteiger partial charge in [-0.15, -0.1) is 0 Å². The maximum atomic E-state index is 12.0. The first-order valence-corrected chi connectivity index (χ1v) is 8.19. The van der Waals surface area contributed by atoms with E-state index in [-0.39, 0.29) is 15.5 Å². The molecule has 0 unspecified atom stereocenters. The van der Waals surface area contributed by atoms with E-state index in [1.54, 1.807) is 18.2 Å². The van der Waals surface area contributed by atoms with Crippen molar-refractivity contribution < 1.29 is 18.1 Å². The van der Waals surface area contributed by atoms with E-state index in [4.69, 9.17) is 16.7 Å². The second kappa shape index (κ2) is 6.45. The molecular weight excluding hydrogens is 344 g/mol. The molecule has 0 bridgehead atoms. The Kier molecular flexibility index (Phi) is 4.79. The number of nitro groups is 1. The molecule has 0 atom stereocenters. The van der Waals surface area contributed by atoms with Crippen LogP contribution in [-0.4, -0.2) is 25.7 Å². The van der Waals surface area contributed by atoms with E-state index < -0.39 is 27.3 Å². The number of nitrogens with two attached hydrogens (primary N) is 1. The van der Waals surface area contributed by atoms with Gasteiger partial charge in [0.2, 0.25) is 15.8 Å². The van der Waals surface area contributed by atoms with E-state index in [0.29, 0.717) is 11.1 Å². The lowest BCUT2D eigenvalue weighted by atomic mass is 9.97. The molecule has 2 aromatic rings. The molecule has 0 aliphatic carbocycles. The van der Waals surface area contributed by atoms with Crippen molar-refractivity contribution in [3.05, 3.63) is 63.2 Å². The molecule has 23 heavy (non-hydrogen) atoms. The van der Waals surface area contributed by atoms with Gasteiger partial charge in [0.25, 0.3) is 6.54 Å². The van der Waals surface area contributed by atoms with Crippen molar-refractivity contribution in [2.75, 3.05) is 6.54 Å². The second-order valence-electron chi connectivity index (χ2n) is 4.65. The van der Waals surface area contributed by atoms with Crippen LogP contribution in [0.15, 0.2) is 47.4 Å². The van der Waals surface area contributed by atoms with Crippen LogP contribution >= 0.6 is 11.6 Å². The number of carbonyl (C=O) groups excluding carboxylic acids is 1. The van der Waals surface area contributed by atoms with Crippen LogP contribution in [0.2, 0.25) is 5.02 Å². The molecule has 2 N–H and O–H groups in total. The highest BCUT2D eigenvalue weighted by atomic mass is 35.5. The van der Waals surface area contributed by atoms with E-state index in [0.717, 1.165) is 0 Å². The summed E-state index contributed by atoms with van der Waals surface area (Å²) in [6.07, 6.45) is 0. The molecule has 0 spiro atoms. The number of carbonyl (C=O) groups is 1. The van der Waals surface area contributed by atoms with Crippen molar-refractivity contribution in [3.8, 4) is 11.1 Å². The van der Waals surface area contributed by atoms with Gasteiger partial charge in [-0.1, -0.05) is 41.9 Å². The Hall–Kier alpha value is -2.29. The van der Waals surface area contributed by atoms with Gasteiger partial charge in [0.15, 0.2) is 0 Å². The maximum absolute atomic E-state index is 12.0. The lowest BCUT2D eigenvalue weighted by Crippen LogP contribution is -2.15. The molecule has 0 saturated carbocycles. The van der Waals surface area contributed by atoms with E-state index in [1.165, 1.54) is 24.3 Å². The fraction of sp³-hybridized carbons (Fsp3) is 0.0714. The first kappa shape index (κ1) is 17.1. The van der Waals surface area contributed by atoms with E-state index in [1.807, 2.05) is 0 Å². The number of benzene rings is 2. The normalized spacial score (nSPS) is 11.2. The number of rotatable bonds is 5. The zero-order valence-electron chi connectivity index (χ0n) is 11.6. The number of hydrogen-bond donors (Lipinski definition) is 1. The summed E-state index contributed by atoms with van der Waals surface area (Å²) < 4.78 is 22.6. The quantitative estimate of drug-likeness (QED) is 0.500. The summed E-state index contributed by atoms with van der Waals surface area (Å²) in [5.41, 5.74) is 0.895. The van der Waals surface area contributed by atoms with E-state index in [9.17, 15) is 23.3 Å². The van der Waals surface area contributed by atoms with Gasteiger partial charge < -0.3 is 0 Å². The largest absolute Gasteiger partial charge is 0.287 e. The molecule has 0 saturated heterocycles. The SMILES string of the molecule is NS(=O)(=O)c1ccc(-c2ccccc2C(=O)C[N+](=O)[O-])c(Cl)c1. The fourth-order valence-corrected chi connectivity index (χ4v) is 2.94. The minimum Gasteiger partial charge on any atom is -0.287 e. The number of halogens is 1. The minimum atomic E-state index is -3.91. The number of primary sulfonamides is 1. The summed E-state index contributed by atoms with van der Waals surface area (Å²) in [6, 6.07) is 10.1. The molecule has 0 amide bonds. The predicted octanol–water partition coefficient (Wildman–Crippen LogP) is 2.11.